The van der Waals surface area contributed by atoms with E-state index in [0.29, 0.717) is 35.9 Å². The Morgan fingerprint density at radius 1 is 1.17 bits per heavy atom. The van der Waals surface area contributed by atoms with Crippen molar-refractivity contribution in [3.8, 4) is 17.1 Å². The number of anilines is 1. The van der Waals surface area contributed by atoms with Crippen LogP contribution in [0.5, 0.6) is 5.75 Å². The summed E-state index contributed by atoms with van der Waals surface area (Å²) in [6.45, 7) is 0. The van der Waals surface area contributed by atoms with Gasteiger partial charge in [-0.05, 0) is 12.1 Å². The van der Waals surface area contributed by atoms with E-state index in [4.69, 9.17) is 9.15 Å². The van der Waals surface area contributed by atoms with Gasteiger partial charge >= 0.3 is 0 Å². The highest BCUT2D eigenvalue weighted by atomic mass is 16.5. The van der Waals surface area contributed by atoms with Crippen LogP contribution in [0.1, 0.15) is 12.3 Å². The Balaban J connectivity index is 1.56. The standard InChI is InChI=1S/C19H18N2O3/c1-23-16-9-5-8-15(12-16)21-18(22)10-11-19-20-13-17(24-19)14-6-3-2-4-7-14/h2-9,12-13H,10-11H2,1H3,(H,21,22). The summed E-state index contributed by atoms with van der Waals surface area (Å²) in [6, 6.07) is 17.0. The van der Waals surface area contributed by atoms with Gasteiger partial charge in [0.05, 0.1) is 13.3 Å². The van der Waals surface area contributed by atoms with Gasteiger partial charge in [0.1, 0.15) is 5.75 Å². The molecule has 0 spiro atoms. The molecule has 122 valence electrons. The predicted molar refractivity (Wildman–Crippen MR) is 91.9 cm³/mol. The average molecular weight is 322 g/mol. The summed E-state index contributed by atoms with van der Waals surface area (Å²) in [6.07, 6.45) is 2.43. The molecule has 1 heterocycles. The van der Waals surface area contributed by atoms with Crippen LogP contribution in [0.15, 0.2) is 65.2 Å². The Labute approximate surface area is 140 Å². The Morgan fingerprint density at radius 2 is 2.00 bits per heavy atom. The van der Waals surface area contributed by atoms with Crippen LogP contribution >= 0.6 is 0 Å². The molecule has 0 atom stereocenters. The van der Waals surface area contributed by atoms with Crippen molar-refractivity contribution < 1.29 is 13.9 Å². The lowest BCUT2D eigenvalue weighted by atomic mass is 10.2. The Kier molecular flexibility index (Phi) is 4.91. The van der Waals surface area contributed by atoms with Crippen LogP contribution < -0.4 is 10.1 Å². The van der Waals surface area contributed by atoms with Gasteiger partial charge in [-0.2, -0.15) is 0 Å². The number of carbonyl (C=O) groups is 1. The summed E-state index contributed by atoms with van der Waals surface area (Å²) in [5.41, 5.74) is 1.67. The molecule has 1 N–H and O–H groups in total. The summed E-state index contributed by atoms with van der Waals surface area (Å²) in [5.74, 6) is 1.86. The number of benzene rings is 2. The molecule has 0 saturated carbocycles. The molecule has 5 nitrogen and oxygen atoms in total. The number of aryl methyl sites for hydroxylation is 1. The van der Waals surface area contributed by atoms with Crippen LogP contribution in [0.2, 0.25) is 0 Å². The fourth-order valence-electron chi connectivity index (χ4n) is 2.31. The third kappa shape index (κ3) is 4.01. The number of rotatable bonds is 6. The third-order valence-electron chi connectivity index (χ3n) is 3.53. The smallest absolute Gasteiger partial charge is 0.224 e. The number of methoxy groups -OCH3 is 1. The molecule has 0 radical (unpaired) electrons. The van der Waals surface area contributed by atoms with E-state index < -0.39 is 0 Å². The average Bonchev–Trinajstić information content (AvgIpc) is 3.10. The number of hydrogen-bond donors (Lipinski definition) is 1. The topological polar surface area (TPSA) is 64.4 Å². The van der Waals surface area contributed by atoms with E-state index in [-0.39, 0.29) is 5.91 Å². The van der Waals surface area contributed by atoms with Crippen molar-refractivity contribution in [3.63, 3.8) is 0 Å². The number of amides is 1. The van der Waals surface area contributed by atoms with Crippen LogP contribution in [-0.2, 0) is 11.2 Å². The highest BCUT2D eigenvalue weighted by Crippen LogP contribution is 2.21. The predicted octanol–water partition coefficient (Wildman–Crippen LogP) is 3.92. The van der Waals surface area contributed by atoms with Crippen LogP contribution in [0.25, 0.3) is 11.3 Å². The van der Waals surface area contributed by atoms with Gasteiger partial charge < -0.3 is 14.5 Å². The number of ether oxygens (including phenoxy) is 1. The maximum absolute atomic E-state index is 12.0. The van der Waals surface area contributed by atoms with Crippen molar-refractivity contribution >= 4 is 11.6 Å². The molecule has 0 bridgehead atoms. The van der Waals surface area contributed by atoms with Crippen LogP contribution in [0, 0.1) is 0 Å². The molecule has 0 fully saturated rings. The monoisotopic (exact) mass is 322 g/mol. The van der Waals surface area contributed by atoms with Gasteiger partial charge in [-0.3, -0.25) is 4.79 Å². The zero-order valence-corrected chi connectivity index (χ0v) is 13.4. The molecule has 0 aliphatic carbocycles. The highest BCUT2D eigenvalue weighted by molar-refractivity contribution is 5.90. The largest absolute Gasteiger partial charge is 0.497 e. The summed E-state index contributed by atoms with van der Waals surface area (Å²) in [7, 11) is 1.59. The molecule has 1 aromatic heterocycles. The third-order valence-corrected chi connectivity index (χ3v) is 3.53. The normalized spacial score (nSPS) is 10.4. The molecule has 3 aromatic rings. The zero-order valence-electron chi connectivity index (χ0n) is 13.4. The summed E-state index contributed by atoms with van der Waals surface area (Å²) < 4.78 is 10.8. The first kappa shape index (κ1) is 15.8. The fraction of sp³-hybridized carbons (Fsp3) is 0.158. The quantitative estimate of drug-likeness (QED) is 0.747. The second-order valence-electron chi connectivity index (χ2n) is 5.26. The van der Waals surface area contributed by atoms with Gasteiger partial charge in [0.15, 0.2) is 11.7 Å². The molecule has 0 saturated heterocycles. The number of nitrogens with zero attached hydrogens (tertiary/aromatic N) is 1. The molecule has 5 heteroatoms. The molecule has 0 unspecified atom stereocenters. The van der Waals surface area contributed by atoms with Crippen molar-refractivity contribution in [3.05, 3.63) is 66.7 Å². The lowest BCUT2D eigenvalue weighted by molar-refractivity contribution is -0.116. The molecule has 3 rings (SSSR count). The van der Waals surface area contributed by atoms with E-state index in [1.807, 2.05) is 48.5 Å². The number of oxazole rings is 1. The summed E-state index contributed by atoms with van der Waals surface area (Å²) in [5, 5.41) is 2.84. The first-order chi connectivity index (χ1) is 11.7. The summed E-state index contributed by atoms with van der Waals surface area (Å²) in [4.78, 5) is 16.3. The van der Waals surface area contributed by atoms with Crippen LogP contribution in [-0.4, -0.2) is 18.0 Å². The molecule has 2 aromatic carbocycles. The van der Waals surface area contributed by atoms with Crippen LogP contribution in [0.3, 0.4) is 0 Å². The van der Waals surface area contributed by atoms with Gasteiger partial charge in [0, 0.05) is 30.2 Å². The molecular weight excluding hydrogens is 304 g/mol. The van der Waals surface area contributed by atoms with Crippen molar-refractivity contribution in [2.24, 2.45) is 0 Å². The fourth-order valence-corrected chi connectivity index (χ4v) is 2.31. The van der Waals surface area contributed by atoms with Gasteiger partial charge in [-0.25, -0.2) is 4.98 Å². The van der Waals surface area contributed by atoms with E-state index in [9.17, 15) is 4.79 Å². The molecule has 0 aliphatic heterocycles. The maximum Gasteiger partial charge on any atom is 0.224 e. The lowest BCUT2D eigenvalue weighted by Crippen LogP contribution is -2.12. The Bertz CT molecular complexity index is 812. The molecule has 1 amide bonds. The summed E-state index contributed by atoms with van der Waals surface area (Å²) >= 11 is 0. The number of nitrogens with one attached hydrogen (secondary N) is 1. The lowest BCUT2D eigenvalue weighted by Gasteiger charge is -2.06. The SMILES string of the molecule is COc1cccc(NC(=O)CCc2ncc(-c3ccccc3)o2)c1. The minimum absolute atomic E-state index is 0.0947. The first-order valence-corrected chi connectivity index (χ1v) is 7.68. The van der Waals surface area contributed by atoms with Crippen molar-refractivity contribution in [2.75, 3.05) is 12.4 Å². The molecular formula is C19H18N2O3. The van der Waals surface area contributed by atoms with Crippen molar-refractivity contribution in [1.82, 2.24) is 4.98 Å². The zero-order chi connectivity index (χ0) is 16.8. The van der Waals surface area contributed by atoms with E-state index in [1.165, 1.54) is 0 Å². The Hall–Kier alpha value is -3.08. The van der Waals surface area contributed by atoms with E-state index in [1.54, 1.807) is 19.4 Å². The first-order valence-electron chi connectivity index (χ1n) is 7.68. The van der Waals surface area contributed by atoms with Crippen molar-refractivity contribution in [1.29, 1.82) is 0 Å². The number of aromatic nitrogens is 1. The van der Waals surface area contributed by atoms with Crippen LogP contribution in [0.4, 0.5) is 5.69 Å². The van der Waals surface area contributed by atoms with Crippen molar-refractivity contribution in [2.45, 2.75) is 12.8 Å². The second kappa shape index (κ2) is 7.46. The van der Waals surface area contributed by atoms with Gasteiger partial charge in [-0.1, -0.05) is 36.4 Å². The second-order valence-corrected chi connectivity index (χ2v) is 5.26. The minimum Gasteiger partial charge on any atom is -0.497 e. The number of hydrogen-bond acceptors (Lipinski definition) is 4. The maximum atomic E-state index is 12.0. The van der Waals surface area contributed by atoms with E-state index in [2.05, 4.69) is 10.3 Å². The number of carbonyl (C=O) groups excluding carboxylic acids is 1. The van der Waals surface area contributed by atoms with Gasteiger partial charge in [0.25, 0.3) is 0 Å². The molecule has 24 heavy (non-hydrogen) atoms. The Morgan fingerprint density at radius 3 is 2.79 bits per heavy atom. The molecule has 0 aliphatic rings. The van der Waals surface area contributed by atoms with Gasteiger partial charge in [0.2, 0.25) is 5.91 Å². The minimum atomic E-state index is -0.0947. The van der Waals surface area contributed by atoms with E-state index in [0.717, 1.165) is 5.56 Å². The van der Waals surface area contributed by atoms with Gasteiger partial charge in [-0.15, -0.1) is 0 Å². The van der Waals surface area contributed by atoms with E-state index >= 15 is 0 Å². The highest BCUT2D eigenvalue weighted by Gasteiger charge is 2.09.